The number of amides is 2. The number of fused-ring (bicyclic) bond motifs is 2. The number of nitrogens with one attached hydrogen (secondary N) is 2. The minimum Gasteiger partial charge on any atom is -0.491 e. The molecule has 0 aliphatic carbocycles. The van der Waals surface area contributed by atoms with Crippen LogP contribution in [0.15, 0.2) is 60.7 Å². The van der Waals surface area contributed by atoms with Crippen LogP contribution in [0.4, 0.5) is 23.4 Å². The monoisotopic (exact) mass is 758 g/mol. The first-order valence-electron chi connectivity index (χ1n) is 15.8. The van der Waals surface area contributed by atoms with Crippen LogP contribution in [0.5, 0.6) is 5.75 Å². The molecule has 17 heteroatoms. The van der Waals surface area contributed by atoms with Gasteiger partial charge in [-0.2, -0.15) is 8.78 Å². The molecule has 0 spiro atoms. The molecule has 0 fully saturated rings. The van der Waals surface area contributed by atoms with Gasteiger partial charge in [-0.05, 0) is 80.4 Å². The van der Waals surface area contributed by atoms with Crippen LogP contribution in [-0.2, 0) is 36.0 Å². The van der Waals surface area contributed by atoms with Gasteiger partial charge in [0.1, 0.15) is 5.69 Å². The van der Waals surface area contributed by atoms with Crippen molar-refractivity contribution in [1.82, 2.24) is 19.6 Å². The number of anilines is 2. The van der Waals surface area contributed by atoms with E-state index in [-0.39, 0.29) is 43.3 Å². The highest BCUT2D eigenvalue weighted by Crippen LogP contribution is 2.34. The SMILES string of the molecule is CN(C)Cc1ccc(OCCCc2sc(N3CCc4cccc(C(=O)Nc5nc6ccccc6s5)c4C3)nc2C(=O)NS(=O)(=O)C(F)F)c(F)c1. The van der Waals surface area contributed by atoms with Crippen molar-refractivity contribution < 1.29 is 35.9 Å². The van der Waals surface area contributed by atoms with Crippen LogP contribution in [-0.4, -0.2) is 68.1 Å². The number of alkyl halides is 2. The third-order valence-electron chi connectivity index (χ3n) is 7.97. The fraction of sp³-hybridized carbons (Fsp3) is 0.294. The van der Waals surface area contributed by atoms with E-state index in [9.17, 15) is 31.2 Å². The van der Waals surface area contributed by atoms with Gasteiger partial charge < -0.3 is 14.5 Å². The van der Waals surface area contributed by atoms with E-state index in [1.54, 1.807) is 18.2 Å². The molecular weight excluding hydrogens is 726 g/mol. The first-order chi connectivity index (χ1) is 24.4. The average Bonchev–Trinajstić information content (AvgIpc) is 3.70. The maximum Gasteiger partial charge on any atom is 0.355 e. The number of halogens is 3. The number of aryl methyl sites for hydroxylation is 1. The van der Waals surface area contributed by atoms with E-state index in [2.05, 4.69) is 15.3 Å². The molecule has 3 aromatic carbocycles. The van der Waals surface area contributed by atoms with Gasteiger partial charge >= 0.3 is 5.76 Å². The van der Waals surface area contributed by atoms with E-state index in [0.29, 0.717) is 40.2 Å². The molecule has 1 aliphatic heterocycles. The van der Waals surface area contributed by atoms with Gasteiger partial charge in [-0.1, -0.05) is 41.7 Å². The second-order valence-electron chi connectivity index (χ2n) is 12.0. The number of carbonyl (C=O) groups is 2. The molecule has 0 atom stereocenters. The maximum absolute atomic E-state index is 14.6. The molecule has 268 valence electrons. The van der Waals surface area contributed by atoms with Crippen molar-refractivity contribution >= 4 is 65.0 Å². The van der Waals surface area contributed by atoms with Crippen molar-refractivity contribution in [3.8, 4) is 5.75 Å². The predicted molar refractivity (Wildman–Crippen MR) is 191 cm³/mol. The van der Waals surface area contributed by atoms with Gasteiger partial charge in [-0.3, -0.25) is 14.9 Å². The highest BCUT2D eigenvalue weighted by molar-refractivity contribution is 7.90. The fourth-order valence-corrected chi connectivity index (χ4v) is 8.06. The van der Waals surface area contributed by atoms with Gasteiger partial charge in [0.2, 0.25) is 0 Å². The summed E-state index contributed by atoms with van der Waals surface area (Å²) in [5.74, 6) is -5.91. The maximum atomic E-state index is 14.6. The summed E-state index contributed by atoms with van der Waals surface area (Å²) >= 11 is 2.47. The Kier molecular flexibility index (Phi) is 10.9. The molecule has 2 N–H and O–H groups in total. The van der Waals surface area contributed by atoms with Crippen LogP contribution in [0.25, 0.3) is 10.2 Å². The molecule has 0 unspecified atom stereocenters. The minimum absolute atomic E-state index is 0.0534. The average molecular weight is 759 g/mol. The van der Waals surface area contributed by atoms with Crippen LogP contribution < -0.4 is 19.7 Å². The number of thiazole rings is 2. The Labute approximate surface area is 300 Å². The van der Waals surface area contributed by atoms with Gasteiger partial charge in [0.25, 0.3) is 21.8 Å². The third kappa shape index (κ3) is 8.49. The lowest BCUT2D eigenvalue weighted by atomic mass is 9.94. The number of hydrogen-bond donors (Lipinski definition) is 2. The second-order valence-corrected chi connectivity index (χ2v) is 15.8. The third-order valence-corrected chi connectivity index (χ3v) is 11.0. The smallest absolute Gasteiger partial charge is 0.355 e. The van der Waals surface area contributed by atoms with Crippen LogP contribution >= 0.6 is 22.7 Å². The highest BCUT2D eigenvalue weighted by atomic mass is 32.2. The molecule has 5 aromatic rings. The molecule has 2 amide bonds. The summed E-state index contributed by atoms with van der Waals surface area (Å²) in [6.45, 7) is 1.32. The van der Waals surface area contributed by atoms with E-state index < -0.39 is 27.5 Å². The largest absolute Gasteiger partial charge is 0.491 e. The Hall–Kier alpha value is -4.58. The lowest BCUT2D eigenvalue weighted by Gasteiger charge is -2.29. The number of nitrogens with zero attached hydrogens (tertiary/aromatic N) is 4. The molecule has 0 bridgehead atoms. The summed E-state index contributed by atoms with van der Waals surface area (Å²) in [7, 11) is -1.50. The Morgan fingerprint density at radius 1 is 1.04 bits per heavy atom. The molecular formula is C34H33F3N6O5S3. The van der Waals surface area contributed by atoms with E-state index in [1.165, 1.54) is 28.2 Å². The Bertz CT molecular complexity index is 2160. The number of carbonyl (C=O) groups excluding carboxylic acids is 2. The molecule has 11 nitrogen and oxygen atoms in total. The zero-order valence-corrected chi connectivity index (χ0v) is 29.9. The summed E-state index contributed by atoms with van der Waals surface area (Å²) in [6.07, 6.45) is 0.984. The Morgan fingerprint density at radius 3 is 2.59 bits per heavy atom. The quantitative estimate of drug-likeness (QED) is 0.138. The topological polar surface area (TPSA) is 134 Å². The van der Waals surface area contributed by atoms with Gasteiger partial charge in [-0.25, -0.2) is 27.5 Å². The Balaban J connectivity index is 1.20. The van der Waals surface area contributed by atoms with E-state index in [0.717, 1.165) is 38.2 Å². The summed E-state index contributed by atoms with van der Waals surface area (Å²) in [4.78, 5) is 39.5. The number of ether oxygens (including phenoxy) is 1. The van der Waals surface area contributed by atoms with Crippen molar-refractivity contribution in [2.75, 3.05) is 37.5 Å². The van der Waals surface area contributed by atoms with E-state index in [4.69, 9.17) is 4.74 Å². The van der Waals surface area contributed by atoms with Gasteiger partial charge in [0.15, 0.2) is 21.8 Å². The number of para-hydroxylation sites is 1. The number of rotatable bonds is 13. The van der Waals surface area contributed by atoms with Gasteiger partial charge in [0.05, 0.1) is 16.8 Å². The van der Waals surface area contributed by atoms with Crippen molar-refractivity contribution in [3.63, 3.8) is 0 Å². The molecule has 51 heavy (non-hydrogen) atoms. The zero-order chi connectivity index (χ0) is 36.3. The number of benzene rings is 3. The van der Waals surface area contributed by atoms with Gasteiger partial charge in [0, 0.05) is 30.1 Å². The predicted octanol–water partition coefficient (Wildman–Crippen LogP) is 6.06. The normalized spacial score (nSPS) is 13.1. The minimum atomic E-state index is -5.24. The van der Waals surface area contributed by atoms with E-state index >= 15 is 0 Å². The van der Waals surface area contributed by atoms with E-state index in [1.807, 2.05) is 54.2 Å². The van der Waals surface area contributed by atoms with Crippen LogP contribution in [0.3, 0.4) is 0 Å². The number of aromatic nitrogens is 2. The number of hydrogen-bond acceptors (Lipinski definition) is 11. The lowest BCUT2D eigenvalue weighted by Crippen LogP contribution is -2.35. The standard InChI is InChI=1S/C34H33F3N6O5S3/c1-42(2)18-20-12-13-26(24(35)17-20)48-16-6-11-28-29(31(45)41-51(46,47)32(36)37)39-34(50-28)43-15-14-21-7-5-8-22(23(21)19-43)30(44)40-33-38-25-9-3-4-10-27(25)49-33/h3-5,7-10,12-13,17,32H,6,11,14-16,18-19H2,1-2H3,(H,41,45)(H,38,40,44). The number of sulfonamides is 1. The van der Waals surface area contributed by atoms with Crippen molar-refractivity contribution in [1.29, 1.82) is 0 Å². The summed E-state index contributed by atoms with van der Waals surface area (Å²) in [5, 5.41) is 3.70. The van der Waals surface area contributed by atoms with Crippen LogP contribution in [0.1, 0.15) is 48.8 Å². The highest BCUT2D eigenvalue weighted by Gasteiger charge is 2.31. The van der Waals surface area contributed by atoms with Crippen molar-refractivity contribution in [2.24, 2.45) is 0 Å². The molecule has 6 rings (SSSR count). The zero-order valence-electron chi connectivity index (χ0n) is 27.5. The fourth-order valence-electron chi connectivity index (χ4n) is 5.63. The van der Waals surface area contributed by atoms with Crippen LogP contribution in [0.2, 0.25) is 0 Å². The molecule has 3 heterocycles. The molecule has 0 saturated carbocycles. The Morgan fingerprint density at radius 2 is 1.84 bits per heavy atom. The lowest BCUT2D eigenvalue weighted by molar-refractivity contribution is 0.0970. The molecule has 0 saturated heterocycles. The second kappa shape index (κ2) is 15.3. The molecule has 1 aliphatic rings. The molecule has 0 radical (unpaired) electrons. The van der Waals surface area contributed by atoms with Crippen molar-refractivity contribution in [3.05, 3.63) is 99.3 Å². The van der Waals surface area contributed by atoms with Crippen LogP contribution in [0, 0.1) is 5.82 Å². The molecule has 2 aromatic heterocycles. The first kappa shape index (κ1) is 36.2. The summed E-state index contributed by atoms with van der Waals surface area (Å²) in [5.41, 5.74) is 3.38. The summed E-state index contributed by atoms with van der Waals surface area (Å²) < 4.78 is 72.6. The van der Waals surface area contributed by atoms with Gasteiger partial charge in [-0.15, -0.1) is 11.3 Å². The van der Waals surface area contributed by atoms with Crippen molar-refractivity contribution in [2.45, 2.75) is 38.1 Å². The summed E-state index contributed by atoms with van der Waals surface area (Å²) in [6, 6.07) is 17.7. The first-order valence-corrected chi connectivity index (χ1v) is 19.0.